The molecule has 4 nitrogen and oxygen atoms in total. The fraction of sp³-hybridized carbons (Fsp3) is 0.556. The van der Waals surface area contributed by atoms with Gasteiger partial charge in [0.05, 0.1) is 6.20 Å². The zero-order valence-corrected chi connectivity index (χ0v) is 7.61. The van der Waals surface area contributed by atoms with Crippen LogP contribution in [0.4, 0.5) is 5.82 Å². The summed E-state index contributed by atoms with van der Waals surface area (Å²) in [7, 11) is 0. The summed E-state index contributed by atoms with van der Waals surface area (Å²) in [4.78, 5) is 2.26. The summed E-state index contributed by atoms with van der Waals surface area (Å²) in [5.74, 6) is 0.973. The van der Waals surface area contributed by atoms with Crippen molar-refractivity contribution in [2.75, 3.05) is 18.0 Å². The molecular weight excluding hydrogens is 164 g/mol. The van der Waals surface area contributed by atoms with E-state index in [0.29, 0.717) is 6.54 Å². The second-order valence-electron chi connectivity index (χ2n) is 3.32. The second-order valence-corrected chi connectivity index (χ2v) is 3.32. The van der Waals surface area contributed by atoms with Gasteiger partial charge >= 0.3 is 0 Å². The highest BCUT2D eigenvalue weighted by Gasteiger charge is 2.13. The monoisotopic (exact) mass is 178 g/mol. The predicted molar refractivity (Wildman–Crippen MR) is 51.4 cm³/mol. The van der Waals surface area contributed by atoms with Gasteiger partial charge in [-0.25, -0.2) is 0 Å². The van der Waals surface area contributed by atoms with E-state index in [2.05, 4.69) is 15.1 Å². The topological polar surface area (TPSA) is 55.0 Å². The van der Waals surface area contributed by atoms with Crippen molar-refractivity contribution in [3.05, 3.63) is 17.8 Å². The van der Waals surface area contributed by atoms with Crippen LogP contribution in [0.3, 0.4) is 0 Å². The van der Waals surface area contributed by atoms with Crippen molar-refractivity contribution < 1.29 is 0 Å². The van der Waals surface area contributed by atoms with Crippen LogP contribution in [0.1, 0.15) is 18.4 Å². The highest BCUT2D eigenvalue weighted by molar-refractivity contribution is 5.40. The van der Waals surface area contributed by atoms with Gasteiger partial charge in [-0.2, -0.15) is 5.10 Å². The van der Waals surface area contributed by atoms with Gasteiger partial charge in [-0.1, -0.05) is 0 Å². The molecule has 0 aromatic carbocycles. The van der Waals surface area contributed by atoms with E-state index in [4.69, 9.17) is 5.73 Å². The summed E-state index contributed by atoms with van der Waals surface area (Å²) in [5, 5.41) is 8.02. The molecule has 1 aliphatic heterocycles. The van der Waals surface area contributed by atoms with Crippen molar-refractivity contribution >= 4 is 5.82 Å². The Morgan fingerprint density at radius 2 is 2.15 bits per heavy atom. The maximum absolute atomic E-state index is 5.53. The van der Waals surface area contributed by atoms with E-state index in [1.54, 1.807) is 6.20 Å². The summed E-state index contributed by atoms with van der Waals surface area (Å²) in [6.07, 6.45) is 4.24. The first-order valence-corrected chi connectivity index (χ1v) is 4.67. The lowest BCUT2D eigenvalue weighted by atomic mass is 10.3. The lowest BCUT2D eigenvalue weighted by Gasteiger charge is -2.15. The van der Waals surface area contributed by atoms with Crippen LogP contribution in [0, 0.1) is 0 Å². The summed E-state index contributed by atoms with van der Waals surface area (Å²) in [5.41, 5.74) is 6.58. The van der Waals surface area contributed by atoms with Gasteiger partial charge in [-0.15, -0.1) is 5.10 Å². The first-order valence-electron chi connectivity index (χ1n) is 4.67. The van der Waals surface area contributed by atoms with Crippen LogP contribution in [0.15, 0.2) is 12.3 Å². The van der Waals surface area contributed by atoms with E-state index in [-0.39, 0.29) is 0 Å². The Kier molecular flexibility index (Phi) is 2.40. The van der Waals surface area contributed by atoms with E-state index >= 15 is 0 Å². The van der Waals surface area contributed by atoms with Crippen LogP contribution in [0.2, 0.25) is 0 Å². The third-order valence-electron chi connectivity index (χ3n) is 2.36. The molecule has 1 aliphatic rings. The van der Waals surface area contributed by atoms with Gasteiger partial charge in [0.25, 0.3) is 0 Å². The Labute approximate surface area is 77.8 Å². The van der Waals surface area contributed by atoms with Crippen molar-refractivity contribution in [1.29, 1.82) is 0 Å². The van der Waals surface area contributed by atoms with E-state index in [9.17, 15) is 0 Å². The first kappa shape index (κ1) is 8.44. The van der Waals surface area contributed by atoms with Gasteiger partial charge in [0.2, 0.25) is 0 Å². The number of aromatic nitrogens is 2. The standard InChI is InChI=1S/C9H14N4/c10-6-8-5-9(12-11-7-8)13-3-1-2-4-13/h5,7H,1-4,6,10H2. The van der Waals surface area contributed by atoms with Gasteiger partial charge in [-0.3, -0.25) is 0 Å². The van der Waals surface area contributed by atoms with Crippen molar-refractivity contribution in [3.8, 4) is 0 Å². The number of hydrogen-bond donors (Lipinski definition) is 1. The number of hydrogen-bond acceptors (Lipinski definition) is 4. The number of nitrogens with zero attached hydrogens (tertiary/aromatic N) is 3. The van der Waals surface area contributed by atoms with Gasteiger partial charge in [0.1, 0.15) is 0 Å². The Morgan fingerprint density at radius 3 is 2.85 bits per heavy atom. The number of nitrogens with two attached hydrogens (primary N) is 1. The van der Waals surface area contributed by atoms with E-state index in [0.717, 1.165) is 24.5 Å². The van der Waals surface area contributed by atoms with Crippen molar-refractivity contribution in [2.24, 2.45) is 5.73 Å². The quantitative estimate of drug-likeness (QED) is 0.718. The fourth-order valence-corrected chi connectivity index (χ4v) is 1.61. The lowest BCUT2D eigenvalue weighted by Crippen LogP contribution is -2.19. The molecule has 2 rings (SSSR count). The van der Waals surface area contributed by atoms with E-state index < -0.39 is 0 Å². The Hall–Kier alpha value is -1.16. The average molecular weight is 178 g/mol. The zero-order valence-electron chi connectivity index (χ0n) is 7.61. The molecule has 1 aromatic rings. The van der Waals surface area contributed by atoms with Crippen LogP contribution in [-0.4, -0.2) is 23.3 Å². The molecule has 0 radical (unpaired) electrons. The molecule has 2 N–H and O–H groups in total. The SMILES string of the molecule is NCc1cnnc(N2CCCC2)c1. The average Bonchev–Trinajstić information content (AvgIpc) is 2.71. The molecule has 1 fully saturated rings. The molecule has 70 valence electrons. The lowest BCUT2D eigenvalue weighted by molar-refractivity contribution is 0.877. The van der Waals surface area contributed by atoms with Gasteiger partial charge in [0, 0.05) is 19.6 Å². The summed E-state index contributed by atoms with van der Waals surface area (Å²) in [6, 6.07) is 2.03. The van der Waals surface area contributed by atoms with Crippen LogP contribution in [0.5, 0.6) is 0 Å². The van der Waals surface area contributed by atoms with Gasteiger partial charge in [-0.05, 0) is 24.5 Å². The van der Waals surface area contributed by atoms with E-state index in [1.165, 1.54) is 12.8 Å². The smallest absolute Gasteiger partial charge is 0.151 e. The van der Waals surface area contributed by atoms with Gasteiger partial charge < -0.3 is 10.6 Å². The largest absolute Gasteiger partial charge is 0.355 e. The highest BCUT2D eigenvalue weighted by atomic mass is 15.3. The maximum Gasteiger partial charge on any atom is 0.151 e. The normalized spacial score (nSPS) is 16.5. The molecule has 0 unspecified atom stereocenters. The third kappa shape index (κ3) is 1.78. The fourth-order valence-electron chi connectivity index (χ4n) is 1.61. The predicted octanol–water partition coefficient (Wildman–Crippen LogP) is 0.535. The molecule has 0 aliphatic carbocycles. The minimum Gasteiger partial charge on any atom is -0.355 e. The number of rotatable bonds is 2. The molecule has 0 amide bonds. The van der Waals surface area contributed by atoms with Crippen LogP contribution in [0.25, 0.3) is 0 Å². The van der Waals surface area contributed by atoms with E-state index in [1.807, 2.05) is 6.07 Å². The van der Waals surface area contributed by atoms with Crippen LogP contribution < -0.4 is 10.6 Å². The molecule has 1 aromatic heterocycles. The molecule has 13 heavy (non-hydrogen) atoms. The molecule has 1 saturated heterocycles. The molecule has 0 bridgehead atoms. The Morgan fingerprint density at radius 1 is 1.38 bits per heavy atom. The third-order valence-corrected chi connectivity index (χ3v) is 2.36. The van der Waals surface area contributed by atoms with Gasteiger partial charge in [0.15, 0.2) is 5.82 Å². The molecule has 2 heterocycles. The summed E-state index contributed by atoms with van der Waals surface area (Å²) < 4.78 is 0. The van der Waals surface area contributed by atoms with Crippen LogP contribution >= 0.6 is 0 Å². The maximum atomic E-state index is 5.53. The minimum atomic E-state index is 0.538. The minimum absolute atomic E-state index is 0.538. The second kappa shape index (κ2) is 3.70. The van der Waals surface area contributed by atoms with Crippen molar-refractivity contribution in [1.82, 2.24) is 10.2 Å². The molecule has 0 atom stereocenters. The first-order chi connectivity index (χ1) is 6.40. The van der Waals surface area contributed by atoms with Crippen molar-refractivity contribution in [2.45, 2.75) is 19.4 Å². The molecular formula is C9H14N4. The highest BCUT2D eigenvalue weighted by Crippen LogP contribution is 2.17. The Bertz CT molecular complexity index is 281. The van der Waals surface area contributed by atoms with Crippen LogP contribution in [-0.2, 0) is 6.54 Å². The Balaban J connectivity index is 2.18. The van der Waals surface area contributed by atoms with Crippen molar-refractivity contribution in [3.63, 3.8) is 0 Å². The molecule has 4 heteroatoms. The zero-order chi connectivity index (χ0) is 9.10. The summed E-state index contributed by atoms with van der Waals surface area (Å²) in [6.45, 7) is 2.74. The molecule has 0 saturated carbocycles. The molecule has 0 spiro atoms. The summed E-state index contributed by atoms with van der Waals surface area (Å²) >= 11 is 0. The number of anilines is 1.